The van der Waals surface area contributed by atoms with Gasteiger partial charge in [-0.3, -0.25) is 0 Å². The highest BCUT2D eigenvalue weighted by atomic mass is 15.1. The van der Waals surface area contributed by atoms with Crippen molar-refractivity contribution in [2.75, 3.05) is 7.05 Å². The second-order valence-corrected chi connectivity index (χ2v) is 5.73. The van der Waals surface area contributed by atoms with Crippen LogP contribution in [0.4, 0.5) is 0 Å². The predicted octanol–water partition coefficient (Wildman–Crippen LogP) is 3.16. The second-order valence-electron chi connectivity index (χ2n) is 5.73. The Kier molecular flexibility index (Phi) is 2.18. The van der Waals surface area contributed by atoms with Crippen LogP contribution in [0.5, 0.6) is 0 Å². The monoisotopic (exact) mass is 204 g/mol. The minimum atomic E-state index is 0.291. The average Bonchev–Trinajstić information content (AvgIpc) is 2.40. The Morgan fingerprint density at radius 2 is 1.93 bits per heavy atom. The molecule has 0 aromatic rings. The van der Waals surface area contributed by atoms with E-state index in [1.54, 1.807) is 5.57 Å². The second kappa shape index (κ2) is 3.07. The van der Waals surface area contributed by atoms with Crippen molar-refractivity contribution >= 4 is 5.71 Å². The lowest BCUT2D eigenvalue weighted by Gasteiger charge is -2.31. The van der Waals surface area contributed by atoms with Gasteiger partial charge >= 0.3 is 0 Å². The van der Waals surface area contributed by atoms with E-state index in [0.29, 0.717) is 11.5 Å². The lowest BCUT2D eigenvalue weighted by Crippen LogP contribution is -2.44. The molecule has 2 rings (SSSR count). The van der Waals surface area contributed by atoms with Gasteiger partial charge in [0, 0.05) is 18.1 Å². The zero-order chi connectivity index (χ0) is 11.4. The van der Waals surface area contributed by atoms with Crippen molar-refractivity contribution in [2.45, 2.75) is 46.6 Å². The number of allylic oxidation sites excluding steroid dienone is 4. The molecule has 0 bridgehead atoms. The molecular formula is C14H22N+. The molecule has 0 saturated heterocycles. The fourth-order valence-electron chi connectivity index (χ4n) is 3.01. The van der Waals surface area contributed by atoms with Gasteiger partial charge in [0.2, 0.25) is 5.71 Å². The normalized spacial score (nSPS) is 29.5. The van der Waals surface area contributed by atoms with Gasteiger partial charge in [-0.15, -0.1) is 0 Å². The highest BCUT2D eigenvalue weighted by molar-refractivity contribution is 6.10. The molecule has 15 heavy (non-hydrogen) atoms. The first-order valence-electron chi connectivity index (χ1n) is 5.85. The molecular weight excluding hydrogens is 182 g/mol. The van der Waals surface area contributed by atoms with Gasteiger partial charge in [0.25, 0.3) is 0 Å². The summed E-state index contributed by atoms with van der Waals surface area (Å²) in [5.41, 5.74) is 6.26. The van der Waals surface area contributed by atoms with Crippen LogP contribution in [0.2, 0.25) is 0 Å². The van der Waals surface area contributed by atoms with Gasteiger partial charge in [-0.25, -0.2) is 4.58 Å². The van der Waals surface area contributed by atoms with Crippen molar-refractivity contribution < 1.29 is 4.58 Å². The maximum Gasteiger partial charge on any atom is 0.204 e. The van der Waals surface area contributed by atoms with Crippen molar-refractivity contribution in [2.24, 2.45) is 5.92 Å². The number of fused-ring (bicyclic) bond motifs is 1. The predicted molar refractivity (Wildman–Crippen MR) is 65.5 cm³/mol. The molecule has 1 aliphatic heterocycles. The average molecular weight is 204 g/mol. The topological polar surface area (TPSA) is 3.01 Å². The SMILES string of the molecule is CC1=CC2=[N+](C)C(C)(C)CC(C)C2=C1C. The van der Waals surface area contributed by atoms with Crippen LogP contribution in [0.3, 0.4) is 0 Å². The largest absolute Gasteiger partial charge is 0.228 e. The minimum Gasteiger partial charge on any atom is -0.228 e. The quantitative estimate of drug-likeness (QED) is 0.533. The van der Waals surface area contributed by atoms with Gasteiger partial charge in [0.1, 0.15) is 7.05 Å². The molecule has 1 nitrogen and oxygen atoms in total. The Balaban J connectivity index is 2.65. The van der Waals surface area contributed by atoms with Crippen LogP contribution >= 0.6 is 0 Å². The molecule has 0 amide bonds. The van der Waals surface area contributed by atoms with Crippen LogP contribution < -0.4 is 0 Å². The number of nitrogens with zero attached hydrogens (tertiary/aromatic N) is 1. The Hall–Kier alpha value is -0.850. The van der Waals surface area contributed by atoms with E-state index in [-0.39, 0.29) is 0 Å². The maximum absolute atomic E-state index is 2.45. The summed E-state index contributed by atoms with van der Waals surface area (Å²) < 4.78 is 2.45. The van der Waals surface area contributed by atoms with Gasteiger partial charge < -0.3 is 0 Å². The molecule has 1 atom stereocenters. The molecule has 0 spiro atoms. The van der Waals surface area contributed by atoms with Crippen molar-refractivity contribution in [3.05, 3.63) is 22.8 Å². The molecule has 0 N–H and O–H groups in total. The Morgan fingerprint density at radius 1 is 1.33 bits per heavy atom. The van der Waals surface area contributed by atoms with E-state index in [9.17, 15) is 0 Å². The summed E-state index contributed by atoms with van der Waals surface area (Å²) in [5, 5.41) is 0. The Morgan fingerprint density at radius 3 is 2.53 bits per heavy atom. The zero-order valence-corrected chi connectivity index (χ0v) is 10.8. The Labute approximate surface area is 93.2 Å². The minimum absolute atomic E-state index is 0.291. The number of hydrogen-bond acceptors (Lipinski definition) is 0. The first-order chi connectivity index (χ1) is 6.84. The van der Waals surface area contributed by atoms with Crippen LogP contribution in [0.1, 0.15) is 41.0 Å². The summed E-state index contributed by atoms with van der Waals surface area (Å²) >= 11 is 0. The lowest BCUT2D eigenvalue weighted by atomic mass is 9.80. The van der Waals surface area contributed by atoms with Crippen molar-refractivity contribution in [3.63, 3.8) is 0 Å². The van der Waals surface area contributed by atoms with Gasteiger partial charge in [0.05, 0.1) is 0 Å². The van der Waals surface area contributed by atoms with Crippen molar-refractivity contribution in [3.8, 4) is 0 Å². The fourth-order valence-corrected chi connectivity index (χ4v) is 3.01. The van der Waals surface area contributed by atoms with E-state index < -0.39 is 0 Å². The molecule has 1 unspecified atom stereocenters. The van der Waals surface area contributed by atoms with Crippen molar-refractivity contribution in [1.29, 1.82) is 0 Å². The molecule has 0 radical (unpaired) electrons. The molecule has 1 heterocycles. The van der Waals surface area contributed by atoms with Gasteiger partial charge in [-0.05, 0) is 44.8 Å². The molecule has 0 aromatic heterocycles. The van der Waals surface area contributed by atoms with E-state index in [1.807, 2.05) is 0 Å². The molecule has 0 fully saturated rings. The van der Waals surface area contributed by atoms with Crippen molar-refractivity contribution in [1.82, 2.24) is 0 Å². The molecule has 0 saturated carbocycles. The van der Waals surface area contributed by atoms with Crippen LogP contribution in [0.15, 0.2) is 22.8 Å². The standard InChI is InChI=1S/C14H22N/c1-9-7-12-13(11(9)3)10(2)8-14(4,5)15(12)6/h7,10H,8H2,1-6H3/q+1. The molecule has 1 heteroatoms. The van der Waals surface area contributed by atoms with E-state index in [4.69, 9.17) is 0 Å². The first kappa shape index (κ1) is 10.7. The summed E-state index contributed by atoms with van der Waals surface area (Å²) in [7, 11) is 2.23. The third-order valence-electron chi connectivity index (χ3n) is 4.19. The third-order valence-corrected chi connectivity index (χ3v) is 4.19. The van der Waals surface area contributed by atoms with Crippen LogP contribution in [-0.2, 0) is 0 Å². The zero-order valence-electron chi connectivity index (χ0n) is 10.8. The molecule has 0 aromatic carbocycles. The molecule has 2 aliphatic rings. The first-order valence-corrected chi connectivity index (χ1v) is 5.85. The van der Waals surface area contributed by atoms with E-state index in [2.05, 4.69) is 52.3 Å². The van der Waals surface area contributed by atoms with Gasteiger partial charge in [-0.1, -0.05) is 6.92 Å². The highest BCUT2D eigenvalue weighted by Crippen LogP contribution is 2.38. The van der Waals surface area contributed by atoms with E-state index in [0.717, 1.165) is 0 Å². The summed E-state index contributed by atoms with van der Waals surface area (Å²) in [4.78, 5) is 0. The van der Waals surface area contributed by atoms with E-state index >= 15 is 0 Å². The summed E-state index contributed by atoms with van der Waals surface area (Å²) in [6, 6.07) is 0. The van der Waals surface area contributed by atoms with Crippen LogP contribution in [0.25, 0.3) is 0 Å². The number of rotatable bonds is 0. The lowest BCUT2D eigenvalue weighted by molar-refractivity contribution is -0.579. The number of hydrogen-bond donors (Lipinski definition) is 0. The molecule has 1 aliphatic carbocycles. The van der Waals surface area contributed by atoms with E-state index in [1.165, 1.54) is 23.3 Å². The maximum atomic E-state index is 2.45. The van der Waals surface area contributed by atoms with Crippen LogP contribution in [-0.4, -0.2) is 22.9 Å². The highest BCUT2D eigenvalue weighted by Gasteiger charge is 2.42. The Bertz CT molecular complexity index is 405. The summed E-state index contributed by atoms with van der Waals surface area (Å²) in [5.74, 6) is 0.694. The molecule has 82 valence electrons. The van der Waals surface area contributed by atoms with Crippen LogP contribution in [0, 0.1) is 5.92 Å². The summed E-state index contributed by atoms with van der Waals surface area (Å²) in [6.07, 6.45) is 3.60. The van der Waals surface area contributed by atoms with Gasteiger partial charge in [0.15, 0.2) is 5.54 Å². The smallest absolute Gasteiger partial charge is 0.204 e. The van der Waals surface area contributed by atoms with Gasteiger partial charge in [-0.2, -0.15) is 0 Å². The fraction of sp³-hybridized carbons (Fsp3) is 0.643. The third kappa shape index (κ3) is 1.40. The summed E-state index contributed by atoms with van der Waals surface area (Å²) in [6.45, 7) is 11.5.